The van der Waals surface area contributed by atoms with E-state index in [1.807, 2.05) is 20.3 Å². The van der Waals surface area contributed by atoms with Gasteiger partial charge in [-0.3, -0.25) is 4.90 Å². The lowest BCUT2D eigenvalue weighted by atomic mass is 10.0. The summed E-state index contributed by atoms with van der Waals surface area (Å²) < 4.78 is 2.48. The lowest BCUT2D eigenvalue weighted by molar-refractivity contribution is 0.314. The second-order valence-electron chi connectivity index (χ2n) is 7.35. The number of pyridine rings is 1. The molecule has 0 bridgehead atoms. The van der Waals surface area contributed by atoms with Gasteiger partial charge in [0.1, 0.15) is 5.82 Å². The molecule has 2 aliphatic rings. The summed E-state index contributed by atoms with van der Waals surface area (Å²) in [5.74, 6) is 1.03. The minimum atomic E-state index is 0.592. The number of aromatic nitrogens is 3. The number of hydrogen-bond donors (Lipinski definition) is 0. The van der Waals surface area contributed by atoms with E-state index in [-0.39, 0.29) is 0 Å². The number of hydrogen-bond acceptors (Lipinski definition) is 4. The Morgan fingerprint density at radius 2 is 2.08 bits per heavy atom. The smallest absolute Gasteiger partial charge is 0.128 e. The molecule has 0 saturated carbocycles. The van der Waals surface area contributed by atoms with E-state index in [4.69, 9.17) is 0 Å². The summed E-state index contributed by atoms with van der Waals surface area (Å²) in [7, 11) is 4.08. The van der Waals surface area contributed by atoms with Crippen LogP contribution in [0.15, 0.2) is 24.7 Å². The van der Waals surface area contributed by atoms with Gasteiger partial charge in [0.2, 0.25) is 0 Å². The predicted octanol–water partition coefficient (Wildman–Crippen LogP) is 2.67. The Hall–Kier alpha value is -1.88. The van der Waals surface area contributed by atoms with E-state index in [1.54, 1.807) is 0 Å². The van der Waals surface area contributed by atoms with E-state index in [0.717, 1.165) is 25.5 Å². The quantitative estimate of drug-likeness (QED) is 0.866. The van der Waals surface area contributed by atoms with Crippen LogP contribution in [0.2, 0.25) is 0 Å². The van der Waals surface area contributed by atoms with Gasteiger partial charge in [0, 0.05) is 51.7 Å². The van der Waals surface area contributed by atoms with Crippen LogP contribution >= 0.6 is 0 Å². The maximum Gasteiger partial charge on any atom is 0.128 e. The van der Waals surface area contributed by atoms with Crippen LogP contribution in [0, 0.1) is 0 Å². The Kier molecular flexibility index (Phi) is 4.27. The highest BCUT2D eigenvalue weighted by Gasteiger charge is 2.27. The molecule has 1 saturated heterocycles. The number of aryl methyl sites for hydroxylation is 1. The lowest BCUT2D eigenvalue weighted by Gasteiger charge is -2.20. The van der Waals surface area contributed by atoms with Crippen molar-refractivity contribution in [1.29, 1.82) is 0 Å². The summed E-state index contributed by atoms with van der Waals surface area (Å²) in [5.41, 5.74) is 4.21. The fraction of sp³-hybridized carbons (Fsp3) is 0.579. The molecule has 5 nitrogen and oxygen atoms in total. The fourth-order valence-corrected chi connectivity index (χ4v) is 4.05. The average molecular weight is 325 g/mol. The van der Waals surface area contributed by atoms with Crippen molar-refractivity contribution >= 4 is 5.82 Å². The number of anilines is 1. The molecule has 1 unspecified atom stereocenters. The Bertz CT molecular complexity index is 706. The van der Waals surface area contributed by atoms with Gasteiger partial charge >= 0.3 is 0 Å². The van der Waals surface area contributed by atoms with E-state index in [2.05, 4.69) is 42.8 Å². The fourth-order valence-electron chi connectivity index (χ4n) is 4.05. The summed E-state index contributed by atoms with van der Waals surface area (Å²) in [5, 5.41) is 0. The van der Waals surface area contributed by atoms with Crippen molar-refractivity contribution in [3.05, 3.63) is 41.6 Å². The molecule has 0 aromatic carbocycles. The van der Waals surface area contributed by atoms with Crippen LogP contribution in [0.1, 0.15) is 42.3 Å². The van der Waals surface area contributed by atoms with Gasteiger partial charge in [0.15, 0.2) is 0 Å². The van der Waals surface area contributed by atoms with Gasteiger partial charge in [-0.05, 0) is 49.8 Å². The van der Waals surface area contributed by atoms with E-state index in [0.29, 0.717) is 6.04 Å². The van der Waals surface area contributed by atoms with Gasteiger partial charge in [-0.15, -0.1) is 0 Å². The number of likely N-dealkylation sites (tertiary alicyclic amines) is 1. The maximum absolute atomic E-state index is 4.67. The van der Waals surface area contributed by atoms with Crippen molar-refractivity contribution in [1.82, 2.24) is 19.4 Å². The van der Waals surface area contributed by atoms with Gasteiger partial charge in [-0.25, -0.2) is 9.97 Å². The van der Waals surface area contributed by atoms with Crippen molar-refractivity contribution in [3.63, 3.8) is 0 Å². The molecule has 1 fully saturated rings. The van der Waals surface area contributed by atoms with E-state index >= 15 is 0 Å². The van der Waals surface area contributed by atoms with Crippen molar-refractivity contribution in [2.24, 2.45) is 0 Å². The van der Waals surface area contributed by atoms with Gasteiger partial charge in [-0.2, -0.15) is 0 Å². The minimum Gasteiger partial charge on any atom is -0.363 e. The molecule has 1 aliphatic heterocycles. The molecule has 3 heterocycles. The number of rotatable bonds is 4. The zero-order valence-corrected chi connectivity index (χ0v) is 14.8. The molecular weight excluding hydrogens is 298 g/mol. The van der Waals surface area contributed by atoms with Crippen LogP contribution in [0.4, 0.5) is 5.82 Å². The van der Waals surface area contributed by atoms with Gasteiger partial charge in [0.05, 0.1) is 12.0 Å². The maximum atomic E-state index is 4.67. The van der Waals surface area contributed by atoms with Crippen LogP contribution in [-0.2, 0) is 19.4 Å². The van der Waals surface area contributed by atoms with Crippen molar-refractivity contribution in [2.45, 2.75) is 44.7 Å². The summed E-state index contributed by atoms with van der Waals surface area (Å²) in [4.78, 5) is 13.7. The number of fused-ring (bicyclic) bond motifs is 1. The zero-order chi connectivity index (χ0) is 16.5. The third-order valence-corrected chi connectivity index (χ3v) is 5.38. The first-order chi connectivity index (χ1) is 11.7. The van der Waals surface area contributed by atoms with Crippen molar-refractivity contribution in [3.8, 4) is 0 Å². The summed E-state index contributed by atoms with van der Waals surface area (Å²) in [6.45, 7) is 3.30. The van der Waals surface area contributed by atoms with Crippen molar-refractivity contribution < 1.29 is 0 Å². The average Bonchev–Trinajstić information content (AvgIpc) is 3.21. The Balaban J connectivity index is 1.43. The van der Waals surface area contributed by atoms with E-state index in [9.17, 15) is 0 Å². The Labute approximate surface area is 144 Å². The molecule has 0 spiro atoms. The standard InChI is InChI=1S/C19H27N5/c1-22(2)19-11-15(7-9-20-19)12-23-10-8-16(13-23)24-14-21-17-5-3-4-6-18(17)24/h7,9,11,14,16H,3-6,8,10,12-13H2,1-2H3. The SMILES string of the molecule is CN(C)c1cc(CN2CCC(n3cnc4c3CCCC4)C2)ccn1. The largest absolute Gasteiger partial charge is 0.363 e. The number of nitrogens with zero attached hydrogens (tertiary/aromatic N) is 5. The third kappa shape index (κ3) is 3.05. The van der Waals surface area contributed by atoms with Gasteiger partial charge in [-0.1, -0.05) is 0 Å². The van der Waals surface area contributed by atoms with Crippen LogP contribution in [-0.4, -0.2) is 46.6 Å². The third-order valence-electron chi connectivity index (χ3n) is 5.38. The summed E-state index contributed by atoms with van der Waals surface area (Å²) in [6, 6.07) is 4.93. The van der Waals surface area contributed by atoms with E-state index in [1.165, 1.54) is 49.1 Å². The first-order valence-corrected chi connectivity index (χ1v) is 9.10. The van der Waals surface area contributed by atoms with Gasteiger partial charge in [0.25, 0.3) is 0 Å². The Morgan fingerprint density at radius 1 is 1.21 bits per heavy atom. The van der Waals surface area contributed by atoms with Crippen LogP contribution in [0.5, 0.6) is 0 Å². The first kappa shape index (κ1) is 15.6. The van der Waals surface area contributed by atoms with Crippen LogP contribution in [0.3, 0.4) is 0 Å². The molecular formula is C19H27N5. The summed E-state index contributed by atoms with van der Waals surface area (Å²) in [6.07, 6.45) is 10.3. The number of imidazole rings is 1. The van der Waals surface area contributed by atoms with Gasteiger partial charge < -0.3 is 9.47 Å². The monoisotopic (exact) mass is 325 g/mol. The molecule has 128 valence electrons. The minimum absolute atomic E-state index is 0.592. The highest BCUT2D eigenvalue weighted by molar-refractivity contribution is 5.39. The highest BCUT2D eigenvalue weighted by Crippen LogP contribution is 2.29. The highest BCUT2D eigenvalue weighted by atomic mass is 15.2. The molecule has 0 N–H and O–H groups in total. The lowest BCUT2D eigenvalue weighted by Crippen LogP contribution is -2.22. The first-order valence-electron chi connectivity index (χ1n) is 9.10. The topological polar surface area (TPSA) is 37.2 Å². The van der Waals surface area contributed by atoms with Crippen LogP contribution < -0.4 is 4.90 Å². The van der Waals surface area contributed by atoms with Crippen LogP contribution in [0.25, 0.3) is 0 Å². The normalized spacial score (nSPS) is 21.0. The molecule has 2 aromatic rings. The molecule has 5 heteroatoms. The second-order valence-corrected chi connectivity index (χ2v) is 7.35. The molecule has 4 rings (SSSR count). The molecule has 1 atom stereocenters. The molecule has 2 aromatic heterocycles. The molecule has 24 heavy (non-hydrogen) atoms. The molecule has 0 radical (unpaired) electrons. The predicted molar refractivity (Wildman–Crippen MR) is 96.4 cm³/mol. The molecule has 1 aliphatic carbocycles. The summed E-state index contributed by atoms with van der Waals surface area (Å²) >= 11 is 0. The molecule has 0 amide bonds. The second kappa shape index (κ2) is 6.55. The Morgan fingerprint density at radius 3 is 2.96 bits per heavy atom. The zero-order valence-electron chi connectivity index (χ0n) is 14.8. The van der Waals surface area contributed by atoms with E-state index < -0.39 is 0 Å². The van der Waals surface area contributed by atoms with Crippen molar-refractivity contribution in [2.75, 3.05) is 32.1 Å².